The van der Waals surface area contributed by atoms with Gasteiger partial charge in [0.1, 0.15) is 18.1 Å². The smallest absolute Gasteiger partial charge is 0.300 e. The van der Waals surface area contributed by atoms with Crippen LogP contribution in [0.3, 0.4) is 0 Å². The van der Waals surface area contributed by atoms with Crippen molar-refractivity contribution in [3.63, 3.8) is 0 Å². The highest BCUT2D eigenvalue weighted by molar-refractivity contribution is 6.51. The summed E-state index contributed by atoms with van der Waals surface area (Å²) in [5.74, 6) is -0.911. The highest BCUT2D eigenvalue weighted by atomic mass is 16.5. The van der Waals surface area contributed by atoms with Crippen LogP contribution >= 0.6 is 0 Å². The molecule has 5 rings (SSSR count). The Labute approximate surface area is 247 Å². The number of nitrogens with zero attached hydrogens (tertiary/aromatic N) is 2. The third kappa shape index (κ3) is 5.66. The first-order valence-corrected chi connectivity index (χ1v) is 14.3. The summed E-state index contributed by atoms with van der Waals surface area (Å²) in [6, 6.07) is 29.8. The number of aryl methyl sites for hydroxylation is 2. The van der Waals surface area contributed by atoms with Crippen molar-refractivity contribution < 1.29 is 19.4 Å². The fourth-order valence-electron chi connectivity index (χ4n) is 5.52. The molecule has 1 heterocycles. The molecule has 6 heteroatoms. The van der Waals surface area contributed by atoms with Gasteiger partial charge in [-0.25, -0.2) is 0 Å². The summed E-state index contributed by atoms with van der Waals surface area (Å²) in [4.78, 5) is 30.9. The molecule has 4 aromatic rings. The Kier molecular flexibility index (Phi) is 8.43. The van der Waals surface area contributed by atoms with Gasteiger partial charge in [0.05, 0.1) is 11.6 Å². The fourth-order valence-corrected chi connectivity index (χ4v) is 5.52. The number of Topliss-reactive ketones (excluding diaryl/α,β-unsaturated/α-hetero) is 1. The molecule has 1 fully saturated rings. The van der Waals surface area contributed by atoms with Gasteiger partial charge in [0.25, 0.3) is 11.7 Å². The Morgan fingerprint density at radius 3 is 2.21 bits per heavy atom. The van der Waals surface area contributed by atoms with Crippen molar-refractivity contribution in [2.75, 3.05) is 22.9 Å². The SMILES string of the molecule is CCN(CC)c1ccc(N2C(=O)C(=O)/C(=C(\O)c3ccc(OCc4ccccc4)c(C)c3)C2c2cccc(C)c2)cc1. The molecule has 214 valence electrons. The maximum absolute atomic E-state index is 13.6. The first-order chi connectivity index (χ1) is 20.3. The summed E-state index contributed by atoms with van der Waals surface area (Å²) >= 11 is 0. The molecular weight excluding hydrogens is 524 g/mol. The van der Waals surface area contributed by atoms with E-state index < -0.39 is 17.7 Å². The van der Waals surface area contributed by atoms with Crippen LogP contribution in [-0.2, 0) is 16.2 Å². The number of carbonyl (C=O) groups is 2. The number of amides is 1. The Bertz CT molecular complexity index is 1620. The van der Waals surface area contributed by atoms with Crippen molar-refractivity contribution in [2.24, 2.45) is 0 Å². The molecule has 0 bridgehead atoms. The number of anilines is 2. The van der Waals surface area contributed by atoms with Gasteiger partial charge in [0.15, 0.2) is 0 Å². The molecule has 1 amide bonds. The van der Waals surface area contributed by atoms with E-state index >= 15 is 0 Å². The van der Waals surface area contributed by atoms with Gasteiger partial charge in [-0.1, -0.05) is 60.2 Å². The van der Waals surface area contributed by atoms with E-state index in [9.17, 15) is 14.7 Å². The minimum Gasteiger partial charge on any atom is -0.507 e. The van der Waals surface area contributed by atoms with Gasteiger partial charge in [-0.2, -0.15) is 0 Å². The van der Waals surface area contributed by atoms with Crippen LogP contribution in [-0.4, -0.2) is 29.9 Å². The number of benzene rings is 4. The minimum absolute atomic E-state index is 0.0655. The number of carbonyl (C=O) groups excluding carboxylic acids is 2. The summed E-state index contributed by atoms with van der Waals surface area (Å²) < 4.78 is 6.01. The molecule has 42 heavy (non-hydrogen) atoms. The summed E-state index contributed by atoms with van der Waals surface area (Å²) in [6.45, 7) is 10.2. The van der Waals surface area contributed by atoms with Gasteiger partial charge >= 0.3 is 0 Å². The largest absolute Gasteiger partial charge is 0.507 e. The Hall–Kier alpha value is -4.84. The zero-order chi connectivity index (χ0) is 29.8. The van der Waals surface area contributed by atoms with Gasteiger partial charge in [-0.15, -0.1) is 0 Å². The topological polar surface area (TPSA) is 70.1 Å². The van der Waals surface area contributed by atoms with Crippen molar-refractivity contribution in [3.8, 4) is 5.75 Å². The molecule has 0 aliphatic carbocycles. The van der Waals surface area contributed by atoms with E-state index in [0.717, 1.165) is 41.0 Å². The molecule has 1 atom stereocenters. The van der Waals surface area contributed by atoms with Crippen LogP contribution in [0.5, 0.6) is 5.75 Å². The number of aliphatic hydroxyl groups is 1. The van der Waals surface area contributed by atoms with E-state index in [4.69, 9.17) is 4.74 Å². The standard InChI is InChI=1S/C36H36N2O4/c1-5-37(6-2)29-16-18-30(19-17-29)38-33(27-14-10-11-24(3)21-27)32(35(40)36(38)41)34(39)28-15-20-31(25(4)22-28)42-23-26-12-8-7-9-13-26/h7-22,33,39H,5-6,23H2,1-4H3/b34-32-. The average Bonchev–Trinajstić information content (AvgIpc) is 3.27. The van der Waals surface area contributed by atoms with Crippen molar-refractivity contribution in [1.29, 1.82) is 0 Å². The van der Waals surface area contributed by atoms with Crippen LogP contribution in [0.1, 0.15) is 47.7 Å². The first kappa shape index (κ1) is 28.7. The molecule has 0 radical (unpaired) electrons. The molecule has 0 saturated carbocycles. The highest BCUT2D eigenvalue weighted by Crippen LogP contribution is 2.43. The maximum atomic E-state index is 13.6. The second kappa shape index (κ2) is 12.4. The predicted octanol–water partition coefficient (Wildman–Crippen LogP) is 7.35. The van der Waals surface area contributed by atoms with E-state index in [0.29, 0.717) is 23.6 Å². The summed E-state index contributed by atoms with van der Waals surface area (Å²) in [5.41, 5.74) is 5.75. The molecule has 1 aliphatic heterocycles. The maximum Gasteiger partial charge on any atom is 0.300 e. The molecule has 6 nitrogen and oxygen atoms in total. The molecule has 0 aromatic heterocycles. The van der Waals surface area contributed by atoms with Gasteiger partial charge in [-0.3, -0.25) is 14.5 Å². The quantitative estimate of drug-likeness (QED) is 0.132. The Morgan fingerprint density at radius 1 is 0.857 bits per heavy atom. The summed E-state index contributed by atoms with van der Waals surface area (Å²) in [5, 5.41) is 11.6. The van der Waals surface area contributed by atoms with Crippen molar-refractivity contribution >= 4 is 28.8 Å². The van der Waals surface area contributed by atoms with E-state index in [1.165, 1.54) is 4.90 Å². The number of hydrogen-bond donors (Lipinski definition) is 1. The summed E-state index contributed by atoms with van der Waals surface area (Å²) in [6.07, 6.45) is 0. The molecule has 4 aromatic carbocycles. The van der Waals surface area contributed by atoms with Crippen LogP contribution in [0, 0.1) is 13.8 Å². The second-order valence-electron chi connectivity index (χ2n) is 10.5. The van der Waals surface area contributed by atoms with Gasteiger partial charge in [-0.05, 0) is 86.8 Å². The Balaban J connectivity index is 1.54. The lowest BCUT2D eigenvalue weighted by molar-refractivity contribution is -0.132. The normalized spacial score (nSPS) is 16.1. The predicted molar refractivity (Wildman–Crippen MR) is 168 cm³/mol. The molecule has 1 aliphatic rings. The molecule has 0 spiro atoms. The van der Waals surface area contributed by atoms with Gasteiger partial charge in [0.2, 0.25) is 0 Å². The lowest BCUT2D eigenvalue weighted by Gasteiger charge is -2.27. The van der Waals surface area contributed by atoms with Crippen LogP contribution in [0.4, 0.5) is 11.4 Å². The molecular formula is C36H36N2O4. The number of aliphatic hydroxyl groups excluding tert-OH is 1. The van der Waals surface area contributed by atoms with E-state index in [1.54, 1.807) is 18.2 Å². The highest BCUT2D eigenvalue weighted by Gasteiger charge is 2.47. The van der Waals surface area contributed by atoms with Crippen LogP contribution in [0.2, 0.25) is 0 Å². The third-order valence-electron chi connectivity index (χ3n) is 7.74. The Morgan fingerprint density at radius 2 is 1.57 bits per heavy atom. The zero-order valence-corrected chi connectivity index (χ0v) is 24.5. The lowest BCUT2D eigenvalue weighted by Crippen LogP contribution is -2.29. The van der Waals surface area contributed by atoms with E-state index in [1.807, 2.05) is 92.7 Å². The number of ketones is 1. The molecule has 1 N–H and O–H groups in total. The second-order valence-corrected chi connectivity index (χ2v) is 10.5. The zero-order valence-electron chi connectivity index (χ0n) is 24.5. The van der Waals surface area contributed by atoms with Gasteiger partial charge in [0, 0.05) is 30.0 Å². The minimum atomic E-state index is -0.779. The number of ether oxygens (including phenoxy) is 1. The van der Waals surface area contributed by atoms with Crippen molar-refractivity contribution in [2.45, 2.75) is 40.3 Å². The monoisotopic (exact) mass is 560 g/mol. The summed E-state index contributed by atoms with van der Waals surface area (Å²) in [7, 11) is 0. The van der Waals surface area contributed by atoms with E-state index in [2.05, 4.69) is 18.7 Å². The third-order valence-corrected chi connectivity index (χ3v) is 7.74. The fraction of sp³-hybridized carbons (Fsp3) is 0.222. The van der Waals surface area contributed by atoms with Gasteiger partial charge < -0.3 is 14.7 Å². The molecule has 1 unspecified atom stereocenters. The first-order valence-electron chi connectivity index (χ1n) is 14.3. The number of rotatable bonds is 9. The average molecular weight is 561 g/mol. The van der Waals surface area contributed by atoms with Crippen LogP contribution < -0.4 is 14.5 Å². The van der Waals surface area contributed by atoms with E-state index in [-0.39, 0.29) is 11.3 Å². The number of hydrogen-bond acceptors (Lipinski definition) is 5. The van der Waals surface area contributed by atoms with Crippen LogP contribution in [0.15, 0.2) is 103 Å². The van der Waals surface area contributed by atoms with Crippen molar-refractivity contribution in [1.82, 2.24) is 0 Å². The van der Waals surface area contributed by atoms with Crippen LogP contribution in [0.25, 0.3) is 5.76 Å². The molecule has 1 saturated heterocycles. The lowest BCUT2D eigenvalue weighted by atomic mass is 9.94. The van der Waals surface area contributed by atoms with Crippen molar-refractivity contribution in [3.05, 3.63) is 130 Å².